The molecule has 1 N–H and O–H groups in total. The predicted octanol–water partition coefficient (Wildman–Crippen LogP) is 1.88. The Morgan fingerprint density at radius 3 is 2.75 bits per heavy atom. The predicted molar refractivity (Wildman–Crippen MR) is 61.8 cm³/mol. The summed E-state index contributed by atoms with van der Waals surface area (Å²) in [6.07, 6.45) is 11.6. The Kier molecular flexibility index (Phi) is 2.58. The first-order chi connectivity index (χ1) is 7.88. The van der Waals surface area contributed by atoms with Crippen molar-refractivity contribution in [1.29, 1.82) is 0 Å². The van der Waals surface area contributed by atoms with E-state index < -0.39 is 0 Å². The lowest BCUT2D eigenvalue weighted by atomic mass is 9.89. The van der Waals surface area contributed by atoms with Gasteiger partial charge in [0.15, 0.2) is 5.79 Å². The molecule has 2 aliphatic heterocycles. The highest BCUT2D eigenvalue weighted by Crippen LogP contribution is 2.37. The maximum atomic E-state index is 5.70. The molecular weight excluding hydrogens is 202 g/mol. The summed E-state index contributed by atoms with van der Waals surface area (Å²) < 4.78 is 11.4. The van der Waals surface area contributed by atoms with Crippen LogP contribution in [-0.4, -0.2) is 25.5 Å². The number of hydrogen-bond acceptors (Lipinski definition) is 3. The van der Waals surface area contributed by atoms with Crippen LogP contribution in [0.3, 0.4) is 0 Å². The van der Waals surface area contributed by atoms with Crippen LogP contribution in [0, 0.1) is 0 Å². The topological polar surface area (TPSA) is 30.5 Å². The van der Waals surface area contributed by atoms with Gasteiger partial charge in [0.05, 0.1) is 13.2 Å². The Bertz CT molecular complexity index is 362. The van der Waals surface area contributed by atoms with E-state index in [1.54, 1.807) is 0 Å². The summed E-state index contributed by atoms with van der Waals surface area (Å²) in [7, 11) is 0. The van der Waals surface area contributed by atoms with Gasteiger partial charge >= 0.3 is 0 Å². The van der Waals surface area contributed by atoms with Gasteiger partial charge in [-0.3, -0.25) is 0 Å². The fourth-order valence-electron chi connectivity index (χ4n) is 2.50. The molecule has 1 spiro atoms. The second-order valence-electron chi connectivity index (χ2n) is 4.45. The molecule has 1 saturated heterocycles. The lowest BCUT2D eigenvalue weighted by Gasteiger charge is -2.31. The van der Waals surface area contributed by atoms with Crippen LogP contribution in [0.15, 0.2) is 35.6 Å². The van der Waals surface area contributed by atoms with Crippen molar-refractivity contribution in [3.8, 4) is 0 Å². The Hall–Kier alpha value is -1.06. The smallest absolute Gasteiger partial charge is 0.172 e. The molecule has 3 rings (SSSR count). The highest BCUT2D eigenvalue weighted by Gasteiger charge is 2.37. The van der Waals surface area contributed by atoms with Crippen molar-refractivity contribution in [3.05, 3.63) is 35.6 Å². The third-order valence-corrected chi connectivity index (χ3v) is 3.41. The highest BCUT2D eigenvalue weighted by atomic mass is 16.7. The molecule has 3 heteroatoms. The average molecular weight is 219 g/mol. The van der Waals surface area contributed by atoms with Crippen LogP contribution in [0.2, 0.25) is 0 Å². The summed E-state index contributed by atoms with van der Waals surface area (Å²) in [6, 6.07) is 0. The molecule has 0 aromatic rings. The van der Waals surface area contributed by atoms with Crippen molar-refractivity contribution in [2.24, 2.45) is 0 Å². The van der Waals surface area contributed by atoms with Gasteiger partial charge in [0.1, 0.15) is 0 Å². The number of rotatable bonds is 1. The van der Waals surface area contributed by atoms with Gasteiger partial charge in [0, 0.05) is 25.6 Å². The Balaban J connectivity index is 1.73. The minimum Gasteiger partial charge on any atom is -0.387 e. The van der Waals surface area contributed by atoms with E-state index >= 15 is 0 Å². The molecule has 16 heavy (non-hydrogen) atoms. The van der Waals surface area contributed by atoms with E-state index in [0.717, 1.165) is 39.0 Å². The van der Waals surface area contributed by atoms with Gasteiger partial charge in [0.25, 0.3) is 0 Å². The first-order valence-corrected chi connectivity index (χ1v) is 5.95. The molecule has 1 fully saturated rings. The molecule has 0 aromatic heterocycles. The van der Waals surface area contributed by atoms with Crippen LogP contribution >= 0.6 is 0 Å². The summed E-state index contributed by atoms with van der Waals surface area (Å²) >= 11 is 0. The molecule has 0 bridgehead atoms. The fraction of sp³-hybridized carbons (Fsp3) is 0.538. The van der Waals surface area contributed by atoms with Gasteiger partial charge in [-0.2, -0.15) is 0 Å². The zero-order valence-corrected chi connectivity index (χ0v) is 9.37. The zero-order valence-electron chi connectivity index (χ0n) is 9.37. The molecule has 0 aromatic carbocycles. The Morgan fingerprint density at radius 2 is 2.12 bits per heavy atom. The lowest BCUT2D eigenvalue weighted by Crippen LogP contribution is -2.32. The van der Waals surface area contributed by atoms with Crippen molar-refractivity contribution in [2.45, 2.75) is 25.0 Å². The number of nitrogens with one attached hydrogen (secondary N) is 1. The zero-order chi connectivity index (χ0) is 10.8. The van der Waals surface area contributed by atoms with E-state index in [0.29, 0.717) is 0 Å². The molecule has 3 nitrogen and oxygen atoms in total. The van der Waals surface area contributed by atoms with Crippen LogP contribution in [0.4, 0.5) is 0 Å². The van der Waals surface area contributed by atoms with Gasteiger partial charge in [-0.25, -0.2) is 0 Å². The van der Waals surface area contributed by atoms with Crippen molar-refractivity contribution < 1.29 is 9.47 Å². The maximum absolute atomic E-state index is 5.70. The Morgan fingerprint density at radius 1 is 1.25 bits per heavy atom. The summed E-state index contributed by atoms with van der Waals surface area (Å²) in [5, 5.41) is 3.24. The van der Waals surface area contributed by atoms with E-state index in [4.69, 9.17) is 9.47 Å². The minimum atomic E-state index is -0.296. The van der Waals surface area contributed by atoms with Crippen molar-refractivity contribution in [3.63, 3.8) is 0 Å². The standard InChI is InChI=1S/C13H17NO2/c1-2-12(10-14-7-1)11-3-5-13(6-4-11)15-8-9-16-13/h1-3,10,14H,4-9H2. The summed E-state index contributed by atoms with van der Waals surface area (Å²) in [5.74, 6) is -0.296. The minimum absolute atomic E-state index is 0.296. The SMILES string of the molecule is C1=CC(C2=CCC3(CC2)OCCO3)=CNC1. The van der Waals surface area contributed by atoms with E-state index in [9.17, 15) is 0 Å². The molecule has 2 heterocycles. The monoisotopic (exact) mass is 219 g/mol. The van der Waals surface area contributed by atoms with Crippen molar-refractivity contribution in [2.75, 3.05) is 19.8 Å². The van der Waals surface area contributed by atoms with Crippen LogP contribution in [-0.2, 0) is 9.47 Å². The first kappa shape index (κ1) is 10.1. The van der Waals surface area contributed by atoms with E-state index in [-0.39, 0.29) is 5.79 Å². The van der Waals surface area contributed by atoms with Gasteiger partial charge < -0.3 is 14.8 Å². The molecule has 0 radical (unpaired) electrons. The van der Waals surface area contributed by atoms with Crippen molar-refractivity contribution in [1.82, 2.24) is 5.32 Å². The Labute approximate surface area is 95.8 Å². The van der Waals surface area contributed by atoms with E-state index in [1.807, 2.05) is 0 Å². The third-order valence-electron chi connectivity index (χ3n) is 3.41. The second kappa shape index (κ2) is 4.07. The summed E-state index contributed by atoms with van der Waals surface area (Å²) in [5.41, 5.74) is 2.72. The first-order valence-electron chi connectivity index (χ1n) is 5.95. The molecular formula is C13H17NO2. The number of allylic oxidation sites excluding steroid dienone is 3. The highest BCUT2D eigenvalue weighted by molar-refractivity contribution is 5.42. The second-order valence-corrected chi connectivity index (χ2v) is 4.45. The number of dihydropyridines is 1. The van der Waals surface area contributed by atoms with E-state index in [1.165, 1.54) is 11.1 Å². The van der Waals surface area contributed by atoms with Crippen LogP contribution in [0.25, 0.3) is 0 Å². The normalized spacial score (nSPS) is 27.5. The average Bonchev–Trinajstić information content (AvgIpc) is 2.80. The van der Waals surface area contributed by atoms with Gasteiger partial charge in [0.2, 0.25) is 0 Å². The summed E-state index contributed by atoms with van der Waals surface area (Å²) in [6.45, 7) is 2.42. The van der Waals surface area contributed by atoms with Crippen LogP contribution < -0.4 is 5.32 Å². The van der Waals surface area contributed by atoms with Gasteiger partial charge in [-0.05, 0) is 17.6 Å². The third kappa shape index (κ3) is 1.81. The lowest BCUT2D eigenvalue weighted by molar-refractivity contribution is -0.161. The quantitative estimate of drug-likeness (QED) is 0.730. The van der Waals surface area contributed by atoms with Crippen molar-refractivity contribution >= 4 is 0 Å². The largest absolute Gasteiger partial charge is 0.387 e. The number of ether oxygens (including phenoxy) is 2. The van der Waals surface area contributed by atoms with Crippen LogP contribution in [0.1, 0.15) is 19.3 Å². The molecule has 0 saturated carbocycles. The van der Waals surface area contributed by atoms with Gasteiger partial charge in [-0.1, -0.05) is 18.2 Å². The molecule has 86 valence electrons. The molecule has 0 atom stereocenters. The molecule has 1 aliphatic carbocycles. The fourth-order valence-corrected chi connectivity index (χ4v) is 2.50. The molecule has 0 amide bonds. The van der Waals surface area contributed by atoms with Gasteiger partial charge in [-0.15, -0.1) is 0 Å². The summed E-state index contributed by atoms with van der Waals surface area (Å²) in [4.78, 5) is 0. The molecule has 3 aliphatic rings. The molecule has 0 unspecified atom stereocenters. The van der Waals surface area contributed by atoms with Crippen LogP contribution in [0.5, 0.6) is 0 Å². The number of hydrogen-bond donors (Lipinski definition) is 1. The maximum Gasteiger partial charge on any atom is 0.172 e. The van der Waals surface area contributed by atoms with E-state index in [2.05, 4.69) is 29.7 Å².